The molecular weight excluding hydrogens is 507 g/mol. The minimum atomic E-state index is 0. The summed E-state index contributed by atoms with van der Waals surface area (Å²) < 4.78 is 16.6. The highest BCUT2D eigenvalue weighted by molar-refractivity contribution is 14.0. The first-order valence-corrected chi connectivity index (χ1v) is 11.7. The van der Waals surface area contributed by atoms with Crippen LogP contribution in [0.5, 0.6) is 0 Å². The Labute approximate surface area is 204 Å². The largest absolute Gasteiger partial charge is 0.469 e. The fourth-order valence-corrected chi connectivity index (χ4v) is 4.38. The molecule has 2 fully saturated rings. The highest BCUT2D eigenvalue weighted by Gasteiger charge is 2.33. The lowest BCUT2D eigenvalue weighted by atomic mass is 9.83. The van der Waals surface area contributed by atoms with Gasteiger partial charge in [0, 0.05) is 58.9 Å². The maximum absolute atomic E-state index is 5.66. The number of aliphatic imine (C=N–C) groups is 1. The molecule has 31 heavy (non-hydrogen) atoms. The molecule has 1 aromatic heterocycles. The van der Waals surface area contributed by atoms with E-state index in [0.717, 1.165) is 90.3 Å². The number of rotatable bonds is 12. The Morgan fingerprint density at radius 3 is 2.68 bits per heavy atom. The molecule has 0 unspecified atom stereocenters. The Bertz CT molecular complexity index is 600. The molecule has 0 aromatic carbocycles. The first-order chi connectivity index (χ1) is 14.8. The number of furan rings is 1. The van der Waals surface area contributed by atoms with Gasteiger partial charge in [-0.3, -0.25) is 9.89 Å². The summed E-state index contributed by atoms with van der Waals surface area (Å²) in [6.07, 6.45) is 8.84. The van der Waals surface area contributed by atoms with E-state index in [1.807, 2.05) is 12.1 Å². The number of halogens is 1. The third-order valence-corrected chi connectivity index (χ3v) is 6.29. The molecule has 1 saturated carbocycles. The summed E-state index contributed by atoms with van der Waals surface area (Å²) in [6, 6.07) is 3.96. The van der Waals surface area contributed by atoms with Crippen LogP contribution >= 0.6 is 24.0 Å². The van der Waals surface area contributed by atoms with E-state index < -0.39 is 0 Å². The van der Waals surface area contributed by atoms with Crippen LogP contribution < -0.4 is 10.6 Å². The van der Waals surface area contributed by atoms with Gasteiger partial charge in [0.25, 0.3) is 0 Å². The van der Waals surface area contributed by atoms with E-state index >= 15 is 0 Å². The van der Waals surface area contributed by atoms with Gasteiger partial charge < -0.3 is 24.5 Å². The smallest absolute Gasteiger partial charge is 0.191 e. The lowest BCUT2D eigenvalue weighted by Gasteiger charge is -2.28. The number of nitrogens with one attached hydrogen (secondary N) is 2. The van der Waals surface area contributed by atoms with Crippen LogP contribution in [0.2, 0.25) is 0 Å². The molecule has 0 bridgehead atoms. The third-order valence-electron chi connectivity index (χ3n) is 6.29. The molecule has 1 saturated heterocycles. The number of nitrogens with zero attached hydrogens (tertiary/aromatic N) is 2. The molecule has 2 N–H and O–H groups in total. The third kappa shape index (κ3) is 9.67. The summed E-state index contributed by atoms with van der Waals surface area (Å²) in [5, 5.41) is 7.06. The van der Waals surface area contributed by atoms with E-state index in [1.54, 1.807) is 6.26 Å². The van der Waals surface area contributed by atoms with E-state index in [2.05, 4.69) is 22.5 Å². The van der Waals surface area contributed by atoms with Gasteiger partial charge in [0.05, 0.1) is 19.5 Å². The molecule has 7 nitrogen and oxygen atoms in total. The van der Waals surface area contributed by atoms with Gasteiger partial charge in [-0.15, -0.1) is 24.0 Å². The van der Waals surface area contributed by atoms with Crippen molar-refractivity contribution in [2.75, 3.05) is 65.7 Å². The van der Waals surface area contributed by atoms with Crippen molar-refractivity contribution in [3.8, 4) is 0 Å². The zero-order valence-electron chi connectivity index (χ0n) is 19.1. The van der Waals surface area contributed by atoms with E-state index in [4.69, 9.17) is 18.9 Å². The number of guanidine groups is 1. The molecule has 2 aliphatic rings. The summed E-state index contributed by atoms with van der Waals surface area (Å²) >= 11 is 0. The Balaban J connectivity index is 0.00000341. The molecule has 1 aliphatic heterocycles. The van der Waals surface area contributed by atoms with Gasteiger partial charge in [-0.2, -0.15) is 0 Å². The number of hydrogen-bond donors (Lipinski definition) is 2. The lowest BCUT2D eigenvalue weighted by Crippen LogP contribution is -2.45. The second-order valence-corrected chi connectivity index (χ2v) is 8.46. The molecule has 0 atom stereocenters. The van der Waals surface area contributed by atoms with Crippen molar-refractivity contribution in [1.29, 1.82) is 0 Å². The molecule has 3 rings (SSSR count). The summed E-state index contributed by atoms with van der Waals surface area (Å²) in [6.45, 7) is 11.0. The maximum atomic E-state index is 5.66. The van der Waals surface area contributed by atoms with Crippen molar-refractivity contribution >= 4 is 29.9 Å². The van der Waals surface area contributed by atoms with E-state index in [0.29, 0.717) is 5.41 Å². The molecule has 2 heterocycles. The molecule has 1 aliphatic carbocycles. The summed E-state index contributed by atoms with van der Waals surface area (Å²) in [5.41, 5.74) is 0.301. The van der Waals surface area contributed by atoms with Crippen molar-refractivity contribution in [3.05, 3.63) is 24.2 Å². The van der Waals surface area contributed by atoms with Crippen LogP contribution in [0.15, 0.2) is 27.8 Å². The minimum absolute atomic E-state index is 0. The maximum Gasteiger partial charge on any atom is 0.191 e. The van der Waals surface area contributed by atoms with Gasteiger partial charge in [0.1, 0.15) is 5.76 Å². The van der Waals surface area contributed by atoms with Crippen LogP contribution in [0.1, 0.15) is 44.8 Å². The zero-order valence-corrected chi connectivity index (χ0v) is 21.4. The van der Waals surface area contributed by atoms with Gasteiger partial charge in [-0.1, -0.05) is 12.8 Å². The quantitative estimate of drug-likeness (QED) is 0.181. The van der Waals surface area contributed by atoms with Crippen LogP contribution in [-0.2, 0) is 15.9 Å². The number of morpholine rings is 1. The molecule has 0 amide bonds. The molecule has 178 valence electrons. The van der Waals surface area contributed by atoms with Crippen molar-refractivity contribution in [3.63, 3.8) is 0 Å². The normalized spacial score (nSPS) is 19.2. The Hall–Kier alpha value is -0.840. The Morgan fingerprint density at radius 1 is 1.19 bits per heavy atom. The average molecular weight is 549 g/mol. The molecule has 1 aromatic rings. The SMILES string of the molecule is CCOCCC1(CN=C(NCCc2ccco2)NCCN2CCOCC2)CCCC1.I. The lowest BCUT2D eigenvalue weighted by molar-refractivity contribution is 0.0389. The second kappa shape index (κ2) is 15.1. The average Bonchev–Trinajstić information content (AvgIpc) is 3.45. The first kappa shape index (κ1) is 26.4. The number of hydrogen-bond acceptors (Lipinski definition) is 5. The van der Waals surface area contributed by atoms with Crippen molar-refractivity contribution < 1.29 is 13.9 Å². The van der Waals surface area contributed by atoms with E-state index in [9.17, 15) is 0 Å². The summed E-state index contributed by atoms with van der Waals surface area (Å²) in [5.74, 6) is 1.91. The van der Waals surface area contributed by atoms with E-state index in [-0.39, 0.29) is 24.0 Å². The predicted molar refractivity (Wildman–Crippen MR) is 135 cm³/mol. The topological polar surface area (TPSA) is 71.3 Å². The Morgan fingerprint density at radius 2 is 1.97 bits per heavy atom. The predicted octanol–water partition coefficient (Wildman–Crippen LogP) is 3.29. The van der Waals surface area contributed by atoms with Crippen molar-refractivity contribution in [2.45, 2.75) is 45.4 Å². The van der Waals surface area contributed by atoms with E-state index in [1.165, 1.54) is 25.7 Å². The van der Waals surface area contributed by atoms with Gasteiger partial charge in [-0.05, 0) is 43.7 Å². The number of ether oxygens (including phenoxy) is 2. The van der Waals surface area contributed by atoms with Crippen LogP contribution in [0.3, 0.4) is 0 Å². The minimum Gasteiger partial charge on any atom is -0.469 e. The molecule has 8 heteroatoms. The molecule has 0 radical (unpaired) electrons. The first-order valence-electron chi connectivity index (χ1n) is 11.7. The second-order valence-electron chi connectivity index (χ2n) is 8.46. The fraction of sp³-hybridized carbons (Fsp3) is 0.783. The van der Waals surface area contributed by atoms with Crippen LogP contribution in [-0.4, -0.2) is 76.6 Å². The standard InChI is InChI=1S/C23H40N4O3.HI/c1-2-28-17-10-23(8-3-4-9-23)20-26-22(24-11-7-21-6-5-16-30-21)25-12-13-27-14-18-29-19-15-27;/h5-6,16H,2-4,7-15,17-20H2,1H3,(H2,24,25,26);1H. The van der Waals surface area contributed by atoms with Gasteiger partial charge >= 0.3 is 0 Å². The molecular formula is C23H41IN4O3. The van der Waals surface area contributed by atoms with Gasteiger partial charge in [-0.25, -0.2) is 0 Å². The van der Waals surface area contributed by atoms with Gasteiger partial charge in [0.2, 0.25) is 0 Å². The summed E-state index contributed by atoms with van der Waals surface area (Å²) in [4.78, 5) is 7.47. The van der Waals surface area contributed by atoms with Crippen LogP contribution in [0.25, 0.3) is 0 Å². The molecule has 0 spiro atoms. The van der Waals surface area contributed by atoms with Crippen molar-refractivity contribution in [2.24, 2.45) is 10.4 Å². The van der Waals surface area contributed by atoms with Crippen molar-refractivity contribution in [1.82, 2.24) is 15.5 Å². The highest BCUT2D eigenvalue weighted by atomic mass is 127. The van der Waals surface area contributed by atoms with Crippen LogP contribution in [0, 0.1) is 5.41 Å². The zero-order chi connectivity index (χ0) is 20.9. The fourth-order valence-electron chi connectivity index (χ4n) is 4.38. The highest BCUT2D eigenvalue weighted by Crippen LogP contribution is 2.41. The van der Waals surface area contributed by atoms with Crippen LogP contribution in [0.4, 0.5) is 0 Å². The Kier molecular flexibility index (Phi) is 12.8. The summed E-state index contributed by atoms with van der Waals surface area (Å²) in [7, 11) is 0. The monoisotopic (exact) mass is 548 g/mol. The van der Waals surface area contributed by atoms with Gasteiger partial charge in [0.15, 0.2) is 5.96 Å².